The van der Waals surface area contributed by atoms with Crippen LogP contribution in [0.1, 0.15) is 36.8 Å². The molecule has 0 aliphatic carbocycles. The molecule has 0 unspecified atom stereocenters. The van der Waals surface area contributed by atoms with Crippen molar-refractivity contribution in [2.75, 3.05) is 0 Å². The van der Waals surface area contributed by atoms with Crippen molar-refractivity contribution in [2.45, 2.75) is 31.3 Å². The first-order valence-corrected chi connectivity index (χ1v) is 8.69. The number of rotatable bonds is 9. The third-order valence-corrected chi connectivity index (χ3v) is 3.80. The number of benzene rings is 2. The second-order valence-corrected chi connectivity index (χ2v) is 5.81. The Hall–Kier alpha value is -3.86. The molecule has 0 amide bonds. The van der Waals surface area contributed by atoms with Crippen LogP contribution in [0.5, 0.6) is 0 Å². The standard InChI is InChI=1S/C15H10N2O2.C6H10O4/c18-11-16-15(17-12-19,13-7-3-1-4-8-13)14-9-5-2-6-10-14;7-5(8)3-1-2-4-6(9)10/h1-10H;1-4H2,(H,7,8)(H,9,10). The zero-order valence-corrected chi connectivity index (χ0v) is 15.5. The van der Waals surface area contributed by atoms with Crippen LogP contribution in [-0.4, -0.2) is 34.3 Å². The molecule has 0 aliphatic heterocycles. The molecule has 150 valence electrons. The molecule has 2 aromatic carbocycles. The minimum Gasteiger partial charge on any atom is -0.481 e. The summed E-state index contributed by atoms with van der Waals surface area (Å²) in [5, 5.41) is 16.3. The topological polar surface area (TPSA) is 133 Å². The number of carbonyl (C=O) groups excluding carboxylic acids is 2. The number of isocyanates is 2. The summed E-state index contributed by atoms with van der Waals surface area (Å²) in [6, 6.07) is 17.8. The number of carboxylic acids is 2. The number of hydrogen-bond acceptors (Lipinski definition) is 6. The lowest BCUT2D eigenvalue weighted by atomic mass is 9.92. The molecule has 2 aromatic rings. The van der Waals surface area contributed by atoms with Gasteiger partial charge < -0.3 is 10.2 Å². The van der Waals surface area contributed by atoms with E-state index in [0.717, 1.165) is 0 Å². The first-order valence-electron chi connectivity index (χ1n) is 8.69. The van der Waals surface area contributed by atoms with Crippen molar-refractivity contribution in [2.24, 2.45) is 9.98 Å². The fourth-order valence-electron chi connectivity index (χ4n) is 2.48. The Kier molecular flexibility index (Phi) is 10.0. The molecule has 0 aromatic heterocycles. The van der Waals surface area contributed by atoms with E-state index >= 15 is 0 Å². The van der Waals surface area contributed by atoms with Gasteiger partial charge in [-0.25, -0.2) is 9.59 Å². The lowest BCUT2D eigenvalue weighted by Crippen LogP contribution is -2.22. The van der Waals surface area contributed by atoms with Crippen molar-refractivity contribution in [1.82, 2.24) is 0 Å². The zero-order valence-electron chi connectivity index (χ0n) is 15.5. The maximum absolute atomic E-state index is 10.8. The lowest BCUT2D eigenvalue weighted by Gasteiger charge is -2.22. The molecule has 0 radical (unpaired) electrons. The number of carbonyl (C=O) groups is 2. The van der Waals surface area contributed by atoms with Gasteiger partial charge in [0.2, 0.25) is 17.8 Å². The molecule has 8 heteroatoms. The van der Waals surface area contributed by atoms with E-state index in [1.165, 1.54) is 12.2 Å². The van der Waals surface area contributed by atoms with Crippen LogP contribution in [-0.2, 0) is 24.8 Å². The SMILES string of the molecule is O=C(O)CCCCC(=O)O.O=C=NC(N=C=O)(c1ccccc1)c1ccccc1. The second-order valence-electron chi connectivity index (χ2n) is 5.81. The molecule has 0 bridgehead atoms. The number of carboxylic acid groups (broad SMARTS) is 2. The number of nitrogens with zero attached hydrogens (tertiary/aromatic N) is 2. The van der Waals surface area contributed by atoms with E-state index in [1.54, 1.807) is 48.5 Å². The monoisotopic (exact) mass is 396 g/mol. The summed E-state index contributed by atoms with van der Waals surface area (Å²) in [5.41, 5.74) is -0.202. The van der Waals surface area contributed by atoms with Crippen molar-refractivity contribution in [3.05, 3.63) is 71.8 Å². The summed E-state index contributed by atoms with van der Waals surface area (Å²) in [6.45, 7) is 0. The van der Waals surface area contributed by atoms with Crippen LogP contribution in [0.4, 0.5) is 0 Å². The molecule has 0 saturated heterocycles. The molecular weight excluding hydrogens is 376 g/mol. The van der Waals surface area contributed by atoms with Gasteiger partial charge in [0, 0.05) is 24.0 Å². The van der Waals surface area contributed by atoms with Gasteiger partial charge >= 0.3 is 11.9 Å². The van der Waals surface area contributed by atoms with Gasteiger partial charge in [-0.15, -0.1) is 0 Å². The minimum absolute atomic E-state index is 0.0628. The fraction of sp³-hybridized carbons (Fsp3) is 0.238. The highest BCUT2D eigenvalue weighted by Gasteiger charge is 2.33. The predicted molar refractivity (Wildman–Crippen MR) is 104 cm³/mol. The summed E-state index contributed by atoms with van der Waals surface area (Å²) in [7, 11) is 0. The second kappa shape index (κ2) is 12.5. The lowest BCUT2D eigenvalue weighted by molar-refractivity contribution is -0.139. The molecule has 0 aliphatic rings. The van der Waals surface area contributed by atoms with Crippen LogP contribution in [0.3, 0.4) is 0 Å². The molecule has 2 rings (SSSR count). The van der Waals surface area contributed by atoms with Crippen molar-refractivity contribution in [3.63, 3.8) is 0 Å². The number of aliphatic imine (C=N–C) groups is 2. The van der Waals surface area contributed by atoms with E-state index in [4.69, 9.17) is 10.2 Å². The molecule has 0 atom stereocenters. The van der Waals surface area contributed by atoms with Crippen molar-refractivity contribution < 1.29 is 29.4 Å². The average molecular weight is 396 g/mol. The smallest absolute Gasteiger partial charge is 0.303 e. The zero-order chi connectivity index (χ0) is 21.5. The highest BCUT2D eigenvalue weighted by atomic mass is 16.4. The van der Waals surface area contributed by atoms with Crippen molar-refractivity contribution in [1.29, 1.82) is 0 Å². The van der Waals surface area contributed by atoms with Crippen LogP contribution in [0, 0.1) is 0 Å². The highest BCUT2D eigenvalue weighted by molar-refractivity contribution is 5.67. The Morgan fingerprint density at radius 2 is 1.07 bits per heavy atom. The van der Waals surface area contributed by atoms with Crippen LogP contribution in [0.2, 0.25) is 0 Å². The quantitative estimate of drug-likeness (QED) is 0.380. The minimum atomic E-state index is -1.41. The van der Waals surface area contributed by atoms with Gasteiger partial charge in [-0.05, 0) is 12.8 Å². The summed E-state index contributed by atoms with van der Waals surface area (Å²) in [5.74, 6) is -1.74. The third-order valence-electron chi connectivity index (χ3n) is 3.80. The van der Waals surface area contributed by atoms with Crippen molar-refractivity contribution in [3.8, 4) is 0 Å². The molecular formula is C21H20N2O6. The number of unbranched alkanes of at least 4 members (excludes halogenated alkanes) is 1. The van der Waals surface area contributed by atoms with E-state index in [0.29, 0.717) is 24.0 Å². The summed E-state index contributed by atoms with van der Waals surface area (Å²) >= 11 is 0. The molecule has 0 heterocycles. The van der Waals surface area contributed by atoms with Crippen molar-refractivity contribution >= 4 is 24.1 Å². The Bertz CT molecular complexity index is 810. The van der Waals surface area contributed by atoms with Gasteiger partial charge in [-0.2, -0.15) is 9.98 Å². The Morgan fingerprint density at radius 3 is 1.34 bits per heavy atom. The van der Waals surface area contributed by atoms with Crippen LogP contribution < -0.4 is 0 Å². The van der Waals surface area contributed by atoms with Crippen LogP contribution in [0.25, 0.3) is 0 Å². The largest absolute Gasteiger partial charge is 0.481 e. The van der Waals surface area contributed by atoms with Gasteiger partial charge in [0.1, 0.15) is 0 Å². The average Bonchev–Trinajstić information content (AvgIpc) is 2.72. The molecule has 2 N–H and O–H groups in total. The van der Waals surface area contributed by atoms with Crippen LogP contribution in [0.15, 0.2) is 70.6 Å². The normalized spacial score (nSPS) is 9.79. The number of aliphatic carboxylic acids is 2. The predicted octanol–water partition coefficient (Wildman–Crippen LogP) is 3.28. The summed E-state index contributed by atoms with van der Waals surface area (Å²) in [4.78, 5) is 48.8. The van der Waals surface area contributed by atoms with E-state index < -0.39 is 17.6 Å². The van der Waals surface area contributed by atoms with Gasteiger partial charge in [-0.3, -0.25) is 9.59 Å². The molecule has 8 nitrogen and oxygen atoms in total. The molecule has 0 saturated carbocycles. The van der Waals surface area contributed by atoms with E-state index in [-0.39, 0.29) is 12.8 Å². The Labute approximate surface area is 167 Å². The summed E-state index contributed by atoms with van der Waals surface area (Å²) in [6.07, 6.45) is 4.00. The fourth-order valence-corrected chi connectivity index (χ4v) is 2.48. The maximum Gasteiger partial charge on any atom is 0.303 e. The molecule has 29 heavy (non-hydrogen) atoms. The van der Waals surface area contributed by atoms with E-state index in [1.807, 2.05) is 12.1 Å². The van der Waals surface area contributed by atoms with Gasteiger partial charge in [0.05, 0.1) is 0 Å². The van der Waals surface area contributed by atoms with Crippen LogP contribution >= 0.6 is 0 Å². The highest BCUT2D eigenvalue weighted by Crippen LogP contribution is 2.34. The Morgan fingerprint density at radius 1 is 0.724 bits per heavy atom. The first-order chi connectivity index (χ1) is 14.0. The van der Waals surface area contributed by atoms with Gasteiger partial charge in [-0.1, -0.05) is 60.7 Å². The maximum atomic E-state index is 10.8. The third kappa shape index (κ3) is 7.72. The number of hydrogen-bond donors (Lipinski definition) is 2. The van der Waals surface area contributed by atoms with Gasteiger partial charge in [0.15, 0.2) is 0 Å². The Balaban J connectivity index is 0.000000359. The molecule has 0 spiro atoms. The summed E-state index contributed by atoms with van der Waals surface area (Å²) < 4.78 is 0. The van der Waals surface area contributed by atoms with E-state index in [9.17, 15) is 19.2 Å². The first kappa shape index (κ1) is 23.2. The molecule has 0 fully saturated rings. The van der Waals surface area contributed by atoms with E-state index in [2.05, 4.69) is 9.98 Å². The van der Waals surface area contributed by atoms with Gasteiger partial charge in [0.25, 0.3) is 0 Å².